The van der Waals surface area contributed by atoms with Crippen molar-refractivity contribution in [3.8, 4) is 17.2 Å². The monoisotopic (exact) mass is 266 g/mol. The number of nitrogens with zero attached hydrogens (tertiary/aromatic N) is 2. The van der Waals surface area contributed by atoms with Gasteiger partial charge in [0, 0.05) is 5.02 Å². The lowest BCUT2D eigenvalue weighted by Crippen LogP contribution is -2.05. The van der Waals surface area contributed by atoms with Crippen molar-refractivity contribution in [2.75, 3.05) is 13.2 Å². The van der Waals surface area contributed by atoms with Gasteiger partial charge in [0.2, 0.25) is 0 Å². The molecular formula is C12H11ClN2O3. The van der Waals surface area contributed by atoms with Crippen LogP contribution in [-0.4, -0.2) is 29.5 Å². The molecule has 18 heavy (non-hydrogen) atoms. The summed E-state index contributed by atoms with van der Waals surface area (Å²) in [6.07, 6.45) is 0.193. The topological polar surface area (TPSA) is 60.7 Å². The third-order valence-electron chi connectivity index (χ3n) is 2.53. The van der Waals surface area contributed by atoms with Crippen LogP contribution in [0.15, 0.2) is 22.7 Å². The van der Waals surface area contributed by atoms with Gasteiger partial charge in [0.25, 0.3) is 5.89 Å². The number of epoxide rings is 1. The summed E-state index contributed by atoms with van der Waals surface area (Å²) in [4.78, 5) is 4.18. The van der Waals surface area contributed by atoms with Crippen LogP contribution in [-0.2, 0) is 4.74 Å². The molecule has 1 unspecified atom stereocenters. The van der Waals surface area contributed by atoms with E-state index >= 15 is 0 Å². The van der Waals surface area contributed by atoms with Crippen LogP contribution in [0.3, 0.4) is 0 Å². The standard InChI is InChI=1S/C12H11ClN2O3/c1-7-14-12(18-15-7)10-4-8(13)2-3-11(10)17-6-9-5-16-9/h2-4,9H,5-6H2,1H3. The molecule has 0 aliphatic carbocycles. The molecule has 1 atom stereocenters. The fourth-order valence-corrected chi connectivity index (χ4v) is 1.72. The fraction of sp³-hybridized carbons (Fsp3) is 0.333. The first kappa shape index (κ1) is 11.5. The molecule has 1 saturated heterocycles. The third kappa shape index (κ3) is 2.47. The van der Waals surface area contributed by atoms with Crippen LogP contribution < -0.4 is 4.74 Å². The molecule has 94 valence electrons. The average Bonchev–Trinajstić information content (AvgIpc) is 3.09. The van der Waals surface area contributed by atoms with E-state index in [1.807, 2.05) is 0 Å². The van der Waals surface area contributed by atoms with Gasteiger partial charge in [-0.2, -0.15) is 4.98 Å². The van der Waals surface area contributed by atoms with Gasteiger partial charge in [-0.25, -0.2) is 0 Å². The lowest BCUT2D eigenvalue weighted by atomic mass is 10.2. The van der Waals surface area contributed by atoms with Crippen molar-refractivity contribution in [3.05, 3.63) is 29.0 Å². The summed E-state index contributed by atoms with van der Waals surface area (Å²) in [6, 6.07) is 5.30. The smallest absolute Gasteiger partial charge is 0.261 e. The van der Waals surface area contributed by atoms with Gasteiger partial charge in [0.15, 0.2) is 5.82 Å². The first-order valence-electron chi connectivity index (χ1n) is 5.57. The Morgan fingerprint density at radius 3 is 3.00 bits per heavy atom. The number of ether oxygens (including phenoxy) is 2. The quantitative estimate of drug-likeness (QED) is 0.796. The maximum Gasteiger partial charge on any atom is 0.261 e. The Kier molecular flexibility index (Phi) is 2.93. The van der Waals surface area contributed by atoms with Gasteiger partial charge >= 0.3 is 0 Å². The highest BCUT2D eigenvalue weighted by molar-refractivity contribution is 6.30. The van der Waals surface area contributed by atoms with Crippen molar-refractivity contribution >= 4 is 11.6 Å². The SMILES string of the molecule is Cc1noc(-c2cc(Cl)ccc2OCC2CO2)n1. The van der Waals surface area contributed by atoms with Crippen molar-refractivity contribution in [1.82, 2.24) is 10.1 Å². The molecule has 1 aromatic carbocycles. The van der Waals surface area contributed by atoms with Crippen LogP contribution in [0.1, 0.15) is 5.82 Å². The molecule has 0 amide bonds. The highest BCUT2D eigenvalue weighted by Crippen LogP contribution is 2.32. The van der Waals surface area contributed by atoms with Crippen molar-refractivity contribution in [2.24, 2.45) is 0 Å². The Labute approximate surface area is 109 Å². The average molecular weight is 267 g/mol. The van der Waals surface area contributed by atoms with Crippen molar-refractivity contribution in [2.45, 2.75) is 13.0 Å². The first-order valence-corrected chi connectivity index (χ1v) is 5.95. The van der Waals surface area contributed by atoms with Gasteiger partial charge in [-0.15, -0.1) is 0 Å². The summed E-state index contributed by atoms with van der Waals surface area (Å²) in [5.41, 5.74) is 0.698. The van der Waals surface area contributed by atoms with Crippen LogP contribution in [0, 0.1) is 6.92 Å². The normalized spacial score (nSPS) is 17.8. The van der Waals surface area contributed by atoms with Gasteiger partial charge in [0.05, 0.1) is 12.2 Å². The first-order chi connectivity index (χ1) is 8.72. The fourth-order valence-electron chi connectivity index (χ4n) is 1.55. The molecular weight excluding hydrogens is 256 g/mol. The van der Waals surface area contributed by atoms with Gasteiger partial charge in [-0.1, -0.05) is 16.8 Å². The van der Waals surface area contributed by atoms with Crippen LogP contribution >= 0.6 is 11.6 Å². The van der Waals surface area contributed by atoms with E-state index < -0.39 is 0 Å². The molecule has 1 aromatic heterocycles. The highest BCUT2D eigenvalue weighted by atomic mass is 35.5. The summed E-state index contributed by atoms with van der Waals surface area (Å²) in [5.74, 6) is 1.64. The lowest BCUT2D eigenvalue weighted by molar-refractivity contribution is 0.263. The van der Waals surface area contributed by atoms with Crippen molar-refractivity contribution < 1.29 is 14.0 Å². The van der Waals surface area contributed by atoms with Crippen LogP contribution in [0.25, 0.3) is 11.5 Å². The van der Waals surface area contributed by atoms with E-state index in [9.17, 15) is 0 Å². The number of halogens is 1. The Morgan fingerprint density at radius 2 is 2.33 bits per heavy atom. The molecule has 1 aliphatic rings. The van der Waals surface area contributed by atoms with Crippen LogP contribution in [0.2, 0.25) is 5.02 Å². The van der Waals surface area contributed by atoms with E-state index in [0.717, 1.165) is 6.61 Å². The Hall–Kier alpha value is -1.59. The van der Waals surface area contributed by atoms with E-state index in [-0.39, 0.29) is 6.10 Å². The zero-order valence-corrected chi connectivity index (χ0v) is 10.5. The minimum absolute atomic E-state index is 0.193. The second kappa shape index (κ2) is 4.59. The summed E-state index contributed by atoms with van der Waals surface area (Å²) < 4.78 is 15.9. The van der Waals surface area contributed by atoms with Crippen LogP contribution in [0.4, 0.5) is 0 Å². The minimum atomic E-state index is 0.193. The van der Waals surface area contributed by atoms with Gasteiger partial charge in [-0.3, -0.25) is 0 Å². The van der Waals surface area contributed by atoms with E-state index in [2.05, 4.69) is 10.1 Å². The van der Waals surface area contributed by atoms with E-state index in [1.165, 1.54) is 0 Å². The molecule has 6 heteroatoms. The van der Waals surface area contributed by atoms with Crippen molar-refractivity contribution in [3.63, 3.8) is 0 Å². The Morgan fingerprint density at radius 1 is 1.50 bits per heavy atom. The molecule has 5 nitrogen and oxygen atoms in total. The molecule has 0 radical (unpaired) electrons. The number of hydrogen-bond acceptors (Lipinski definition) is 5. The van der Waals surface area contributed by atoms with Gasteiger partial charge in [0.1, 0.15) is 18.5 Å². The third-order valence-corrected chi connectivity index (χ3v) is 2.76. The molecule has 1 fully saturated rings. The highest BCUT2D eigenvalue weighted by Gasteiger charge is 2.24. The summed E-state index contributed by atoms with van der Waals surface area (Å²) in [6.45, 7) is 3.03. The number of aryl methyl sites for hydroxylation is 1. The van der Waals surface area contributed by atoms with Gasteiger partial charge < -0.3 is 14.0 Å². The molecule has 0 spiro atoms. The number of hydrogen-bond donors (Lipinski definition) is 0. The second-order valence-electron chi connectivity index (χ2n) is 4.05. The molecule has 3 rings (SSSR count). The maximum atomic E-state index is 5.98. The van der Waals surface area contributed by atoms with E-state index in [0.29, 0.717) is 34.7 Å². The maximum absolute atomic E-state index is 5.98. The summed E-state index contributed by atoms with van der Waals surface area (Å²) >= 11 is 5.98. The second-order valence-corrected chi connectivity index (χ2v) is 4.49. The zero-order chi connectivity index (χ0) is 12.5. The molecule has 2 aromatic rings. The minimum Gasteiger partial charge on any atom is -0.490 e. The van der Waals surface area contributed by atoms with Crippen molar-refractivity contribution in [1.29, 1.82) is 0 Å². The summed E-state index contributed by atoms with van der Waals surface area (Å²) in [7, 11) is 0. The Bertz CT molecular complexity index is 566. The largest absolute Gasteiger partial charge is 0.490 e. The Balaban J connectivity index is 1.91. The molecule has 2 heterocycles. The number of aromatic nitrogens is 2. The molecule has 1 aliphatic heterocycles. The van der Waals surface area contributed by atoms with Crippen LogP contribution in [0.5, 0.6) is 5.75 Å². The molecule has 0 bridgehead atoms. The van der Waals surface area contributed by atoms with E-state index in [1.54, 1.807) is 25.1 Å². The lowest BCUT2D eigenvalue weighted by Gasteiger charge is -2.08. The number of benzene rings is 1. The van der Waals surface area contributed by atoms with Gasteiger partial charge in [-0.05, 0) is 25.1 Å². The molecule has 0 saturated carbocycles. The zero-order valence-electron chi connectivity index (χ0n) is 9.72. The predicted octanol–water partition coefficient (Wildman–Crippen LogP) is 2.48. The number of rotatable bonds is 4. The molecule has 0 N–H and O–H groups in total. The predicted molar refractivity (Wildman–Crippen MR) is 64.7 cm³/mol. The van der Waals surface area contributed by atoms with E-state index in [4.69, 9.17) is 25.6 Å². The summed E-state index contributed by atoms with van der Waals surface area (Å²) in [5, 5.41) is 4.36.